The maximum Gasteiger partial charge on any atom is 0.416 e. The van der Waals surface area contributed by atoms with E-state index in [4.69, 9.17) is 0 Å². The molecule has 0 atom stereocenters. The number of benzene rings is 1. The molecule has 1 aromatic heterocycles. The molecule has 0 saturated carbocycles. The first-order valence-electron chi connectivity index (χ1n) is 8.41. The standard InChI is InChI=1S/C18H21F3N4O/c1-3-10-25(11-4-2)16(26)15-8-9-22-17(24-15)23-14-7-5-6-13(12-14)18(19,20)21/h5-9,12H,3-4,10-11H2,1-2H3,(H,22,23,24). The van der Waals surface area contributed by atoms with Crippen LogP contribution in [-0.2, 0) is 6.18 Å². The van der Waals surface area contributed by atoms with Crippen molar-refractivity contribution in [3.05, 3.63) is 47.8 Å². The number of halogens is 3. The van der Waals surface area contributed by atoms with Crippen molar-refractivity contribution in [2.24, 2.45) is 0 Å². The van der Waals surface area contributed by atoms with Gasteiger partial charge >= 0.3 is 6.18 Å². The molecule has 26 heavy (non-hydrogen) atoms. The fourth-order valence-electron chi connectivity index (χ4n) is 2.46. The van der Waals surface area contributed by atoms with E-state index in [2.05, 4.69) is 15.3 Å². The third-order valence-corrected chi connectivity index (χ3v) is 3.59. The molecule has 0 radical (unpaired) electrons. The zero-order valence-electron chi connectivity index (χ0n) is 14.7. The Balaban J connectivity index is 2.20. The van der Waals surface area contributed by atoms with Gasteiger partial charge in [0.25, 0.3) is 5.91 Å². The Hall–Kier alpha value is -2.64. The molecule has 2 aromatic rings. The number of alkyl halides is 3. The summed E-state index contributed by atoms with van der Waals surface area (Å²) in [6.07, 6.45) is -1.37. The predicted molar refractivity (Wildman–Crippen MR) is 93.2 cm³/mol. The molecule has 1 N–H and O–H groups in total. The SMILES string of the molecule is CCCN(CCC)C(=O)c1ccnc(Nc2cccc(C(F)(F)F)c2)n1. The summed E-state index contributed by atoms with van der Waals surface area (Å²) in [6.45, 7) is 5.20. The minimum atomic E-state index is -4.43. The lowest BCUT2D eigenvalue weighted by Crippen LogP contribution is -2.33. The molecule has 8 heteroatoms. The largest absolute Gasteiger partial charge is 0.416 e. The van der Waals surface area contributed by atoms with E-state index in [1.54, 1.807) is 4.90 Å². The van der Waals surface area contributed by atoms with Crippen molar-refractivity contribution in [1.29, 1.82) is 0 Å². The van der Waals surface area contributed by atoms with Gasteiger partial charge in [0.1, 0.15) is 5.69 Å². The van der Waals surface area contributed by atoms with E-state index < -0.39 is 11.7 Å². The maximum atomic E-state index is 12.8. The summed E-state index contributed by atoms with van der Waals surface area (Å²) in [6, 6.07) is 6.23. The van der Waals surface area contributed by atoms with Crippen LogP contribution in [0.2, 0.25) is 0 Å². The molecule has 0 spiro atoms. The molecule has 2 rings (SSSR count). The molecule has 1 amide bonds. The van der Waals surface area contributed by atoms with Crippen LogP contribution in [0.1, 0.15) is 42.7 Å². The van der Waals surface area contributed by atoms with Gasteiger partial charge in [-0.15, -0.1) is 0 Å². The third kappa shape index (κ3) is 5.18. The van der Waals surface area contributed by atoms with E-state index in [1.807, 2.05) is 13.8 Å². The maximum absolute atomic E-state index is 12.8. The van der Waals surface area contributed by atoms with Gasteiger partial charge in [0.15, 0.2) is 0 Å². The highest BCUT2D eigenvalue weighted by atomic mass is 19.4. The lowest BCUT2D eigenvalue weighted by Gasteiger charge is -2.21. The zero-order valence-corrected chi connectivity index (χ0v) is 14.7. The molecule has 0 aliphatic carbocycles. The number of hydrogen-bond acceptors (Lipinski definition) is 4. The summed E-state index contributed by atoms with van der Waals surface area (Å²) >= 11 is 0. The molecule has 140 valence electrons. The number of amides is 1. The molecule has 1 aromatic carbocycles. The molecule has 1 heterocycles. The Morgan fingerprint density at radius 3 is 2.46 bits per heavy atom. The summed E-state index contributed by atoms with van der Waals surface area (Å²) in [5.41, 5.74) is -0.369. The fraction of sp³-hybridized carbons (Fsp3) is 0.389. The van der Waals surface area contributed by atoms with Gasteiger partial charge in [-0.2, -0.15) is 13.2 Å². The van der Waals surface area contributed by atoms with Gasteiger partial charge in [-0.1, -0.05) is 19.9 Å². The van der Waals surface area contributed by atoms with Crippen LogP contribution in [0, 0.1) is 0 Å². The summed E-state index contributed by atoms with van der Waals surface area (Å²) < 4.78 is 38.4. The van der Waals surface area contributed by atoms with Gasteiger partial charge in [0.05, 0.1) is 5.56 Å². The molecule has 0 fully saturated rings. The minimum absolute atomic E-state index is 0.0723. The van der Waals surface area contributed by atoms with Crippen molar-refractivity contribution in [1.82, 2.24) is 14.9 Å². The number of aromatic nitrogens is 2. The van der Waals surface area contributed by atoms with Gasteiger partial charge in [-0.3, -0.25) is 4.79 Å². The Labute approximate surface area is 150 Å². The molecule has 0 saturated heterocycles. The molecule has 0 unspecified atom stereocenters. The van der Waals surface area contributed by atoms with E-state index in [0.29, 0.717) is 13.1 Å². The zero-order chi connectivity index (χ0) is 19.2. The van der Waals surface area contributed by atoms with Crippen molar-refractivity contribution < 1.29 is 18.0 Å². The normalized spacial score (nSPS) is 11.3. The highest BCUT2D eigenvalue weighted by Crippen LogP contribution is 2.31. The van der Waals surface area contributed by atoms with Gasteiger partial charge in [0.2, 0.25) is 5.95 Å². The molecule has 5 nitrogen and oxygen atoms in total. The lowest BCUT2D eigenvalue weighted by molar-refractivity contribution is -0.137. The Morgan fingerprint density at radius 2 is 1.85 bits per heavy atom. The first-order chi connectivity index (χ1) is 12.3. The Morgan fingerprint density at radius 1 is 1.15 bits per heavy atom. The molecule has 0 bridgehead atoms. The average molecular weight is 366 g/mol. The van der Waals surface area contributed by atoms with E-state index >= 15 is 0 Å². The molecule has 0 aliphatic rings. The summed E-state index contributed by atoms with van der Waals surface area (Å²) in [4.78, 5) is 22.4. The van der Waals surface area contributed by atoms with Gasteiger partial charge in [0, 0.05) is 25.0 Å². The van der Waals surface area contributed by atoms with Crippen LogP contribution in [0.25, 0.3) is 0 Å². The van der Waals surface area contributed by atoms with Crippen molar-refractivity contribution in [3.8, 4) is 0 Å². The summed E-state index contributed by atoms with van der Waals surface area (Å²) in [5.74, 6) is -0.147. The van der Waals surface area contributed by atoms with Crippen LogP contribution in [-0.4, -0.2) is 33.9 Å². The number of hydrogen-bond donors (Lipinski definition) is 1. The van der Waals surface area contributed by atoms with Crippen LogP contribution in [0.15, 0.2) is 36.5 Å². The van der Waals surface area contributed by atoms with Crippen molar-refractivity contribution in [2.75, 3.05) is 18.4 Å². The van der Waals surface area contributed by atoms with E-state index in [1.165, 1.54) is 24.4 Å². The van der Waals surface area contributed by atoms with Crippen LogP contribution in [0.3, 0.4) is 0 Å². The van der Waals surface area contributed by atoms with Crippen molar-refractivity contribution >= 4 is 17.5 Å². The number of nitrogens with zero attached hydrogens (tertiary/aromatic N) is 3. The summed E-state index contributed by atoms with van der Waals surface area (Å²) in [7, 11) is 0. The monoisotopic (exact) mass is 366 g/mol. The smallest absolute Gasteiger partial charge is 0.337 e. The second-order valence-electron chi connectivity index (χ2n) is 5.76. The number of nitrogens with one attached hydrogen (secondary N) is 1. The molecular weight excluding hydrogens is 345 g/mol. The molecular formula is C18H21F3N4O. The number of rotatable bonds is 7. The average Bonchev–Trinajstić information content (AvgIpc) is 2.61. The predicted octanol–water partition coefficient (Wildman–Crippen LogP) is 4.50. The van der Waals surface area contributed by atoms with E-state index in [-0.39, 0.29) is 23.2 Å². The van der Waals surface area contributed by atoms with E-state index in [0.717, 1.165) is 25.0 Å². The second kappa shape index (κ2) is 8.64. The topological polar surface area (TPSA) is 58.1 Å². The number of carbonyl (C=O) groups is 1. The van der Waals surface area contributed by atoms with E-state index in [9.17, 15) is 18.0 Å². The van der Waals surface area contributed by atoms with Crippen molar-refractivity contribution in [3.63, 3.8) is 0 Å². The Bertz CT molecular complexity index is 743. The van der Waals surface area contributed by atoms with Crippen LogP contribution in [0.5, 0.6) is 0 Å². The number of anilines is 2. The second-order valence-corrected chi connectivity index (χ2v) is 5.76. The van der Waals surface area contributed by atoms with Gasteiger partial charge in [-0.25, -0.2) is 9.97 Å². The highest BCUT2D eigenvalue weighted by Gasteiger charge is 2.30. The van der Waals surface area contributed by atoms with Crippen LogP contribution >= 0.6 is 0 Å². The minimum Gasteiger partial charge on any atom is -0.337 e. The van der Waals surface area contributed by atoms with Crippen LogP contribution < -0.4 is 5.32 Å². The first-order valence-corrected chi connectivity index (χ1v) is 8.41. The van der Waals surface area contributed by atoms with Crippen molar-refractivity contribution in [2.45, 2.75) is 32.9 Å². The third-order valence-electron chi connectivity index (χ3n) is 3.59. The number of carbonyl (C=O) groups excluding carboxylic acids is 1. The fourth-order valence-corrected chi connectivity index (χ4v) is 2.46. The quantitative estimate of drug-likeness (QED) is 0.784. The highest BCUT2D eigenvalue weighted by molar-refractivity contribution is 5.92. The van der Waals surface area contributed by atoms with Gasteiger partial charge < -0.3 is 10.2 Å². The lowest BCUT2D eigenvalue weighted by atomic mass is 10.2. The van der Waals surface area contributed by atoms with Crippen LogP contribution in [0.4, 0.5) is 24.8 Å². The van der Waals surface area contributed by atoms with Gasteiger partial charge in [-0.05, 0) is 37.1 Å². The first kappa shape index (κ1) is 19.7. The summed E-state index contributed by atoms with van der Waals surface area (Å²) in [5, 5.41) is 2.72. The molecule has 0 aliphatic heterocycles. The Kier molecular flexibility index (Phi) is 6.54.